The van der Waals surface area contributed by atoms with Crippen LogP contribution in [0.1, 0.15) is 90.9 Å². The average molecular weight is 453 g/mol. The van der Waals surface area contributed by atoms with Gasteiger partial charge in [0.1, 0.15) is 12.1 Å². The Morgan fingerprint density at radius 2 is 1.09 bits per heavy atom. The third kappa shape index (κ3) is 7.78. The minimum atomic E-state index is -0.468. The first-order valence-corrected chi connectivity index (χ1v) is 12.4. The van der Waals surface area contributed by atoms with Crippen LogP contribution >= 0.6 is 0 Å². The fourth-order valence-corrected chi connectivity index (χ4v) is 4.29. The average Bonchev–Trinajstić information content (AvgIpc) is 3.46. The van der Waals surface area contributed by atoms with Crippen molar-refractivity contribution in [1.29, 1.82) is 0 Å². The Bertz CT molecular complexity index is 584. The van der Waals surface area contributed by atoms with Crippen molar-refractivity contribution >= 4 is 23.8 Å². The van der Waals surface area contributed by atoms with Gasteiger partial charge in [0.2, 0.25) is 11.8 Å². The first-order valence-electron chi connectivity index (χ1n) is 12.4. The lowest BCUT2D eigenvalue weighted by Crippen LogP contribution is -2.42. The molecule has 0 aromatic rings. The molecule has 0 saturated carbocycles. The monoisotopic (exact) mass is 452 g/mol. The molecule has 182 valence electrons. The van der Waals surface area contributed by atoms with Crippen molar-refractivity contribution in [2.24, 2.45) is 0 Å². The maximum atomic E-state index is 12.6. The summed E-state index contributed by atoms with van der Waals surface area (Å²) in [5.74, 6) is -0.701. The van der Waals surface area contributed by atoms with E-state index >= 15 is 0 Å². The molecule has 2 rings (SSSR count). The molecule has 1 unspecified atom stereocenters. The molecule has 8 nitrogen and oxygen atoms in total. The molecular weight excluding hydrogens is 412 g/mol. The number of hydrogen-bond donors (Lipinski definition) is 0. The zero-order chi connectivity index (χ0) is 23.3. The van der Waals surface area contributed by atoms with E-state index in [0.717, 1.165) is 38.5 Å². The highest BCUT2D eigenvalue weighted by atomic mass is 16.5. The number of unbranched alkanes of at least 4 members (excludes halogenated alkanes) is 3. The van der Waals surface area contributed by atoms with Gasteiger partial charge in [-0.2, -0.15) is 0 Å². The van der Waals surface area contributed by atoms with Crippen LogP contribution in [0.2, 0.25) is 0 Å². The Balaban J connectivity index is 1.70. The lowest BCUT2D eigenvalue weighted by molar-refractivity contribution is -0.154. The molecule has 8 heteroatoms. The largest absolute Gasteiger partial charge is 0.464 e. The van der Waals surface area contributed by atoms with Crippen LogP contribution in [0.3, 0.4) is 0 Å². The second-order valence-corrected chi connectivity index (χ2v) is 8.74. The molecule has 2 heterocycles. The number of likely N-dealkylation sites (tertiary alicyclic amines) is 2. The Morgan fingerprint density at radius 1 is 0.688 bits per heavy atom. The van der Waals surface area contributed by atoms with E-state index in [1.807, 2.05) is 13.8 Å². The normalized spacial score (nSPS) is 20.4. The summed E-state index contributed by atoms with van der Waals surface area (Å²) in [6.45, 7) is 6.04. The predicted octanol–water partition coefficient (Wildman–Crippen LogP) is 3.22. The highest BCUT2D eigenvalue weighted by molar-refractivity contribution is 5.86. The minimum absolute atomic E-state index is 0.0501. The van der Waals surface area contributed by atoms with E-state index in [4.69, 9.17) is 9.47 Å². The molecule has 0 radical (unpaired) electrons. The zero-order valence-corrected chi connectivity index (χ0v) is 19.8. The number of nitrogens with zero attached hydrogens (tertiary/aromatic N) is 2. The molecule has 2 aliphatic rings. The molecule has 2 atom stereocenters. The summed E-state index contributed by atoms with van der Waals surface area (Å²) in [6, 6.07) is -0.935. The highest BCUT2D eigenvalue weighted by Gasteiger charge is 2.36. The van der Waals surface area contributed by atoms with Crippen LogP contribution in [-0.4, -0.2) is 71.9 Å². The lowest BCUT2D eigenvalue weighted by Gasteiger charge is -2.24. The fraction of sp³-hybridized carbons (Fsp3) is 0.833. The topological polar surface area (TPSA) is 93.2 Å². The smallest absolute Gasteiger partial charge is 0.328 e. The van der Waals surface area contributed by atoms with E-state index in [1.165, 1.54) is 0 Å². The van der Waals surface area contributed by atoms with Crippen LogP contribution in [-0.2, 0) is 28.7 Å². The van der Waals surface area contributed by atoms with Gasteiger partial charge < -0.3 is 19.3 Å². The standard InChI is InChI=1S/C24H40N2O6/c1-3-5-17-31-23(29)19-11-9-15-25(19)21(27)13-7-8-14-22(28)26-16-10-12-20(26)24(30)32-18-6-4-2/h19-20H,3-18H2,1-2H3/t19-,20?/m1/s1. The summed E-state index contributed by atoms with van der Waals surface area (Å²) in [6.07, 6.45) is 8.28. The summed E-state index contributed by atoms with van der Waals surface area (Å²) < 4.78 is 10.6. The zero-order valence-electron chi connectivity index (χ0n) is 19.8. The molecule has 2 amide bonds. The van der Waals surface area contributed by atoms with Crippen LogP contribution in [0.5, 0.6) is 0 Å². The van der Waals surface area contributed by atoms with Crippen LogP contribution in [0.4, 0.5) is 0 Å². The van der Waals surface area contributed by atoms with Gasteiger partial charge in [0.15, 0.2) is 0 Å². The van der Waals surface area contributed by atoms with Gasteiger partial charge in [0.05, 0.1) is 13.2 Å². The summed E-state index contributed by atoms with van der Waals surface area (Å²) in [5, 5.41) is 0. The molecule has 0 bridgehead atoms. The third-order valence-electron chi connectivity index (χ3n) is 6.21. The van der Waals surface area contributed by atoms with Gasteiger partial charge in [0, 0.05) is 25.9 Å². The molecule has 0 N–H and O–H groups in total. The van der Waals surface area contributed by atoms with E-state index < -0.39 is 12.1 Å². The number of amides is 2. The maximum absolute atomic E-state index is 12.6. The highest BCUT2D eigenvalue weighted by Crippen LogP contribution is 2.22. The predicted molar refractivity (Wildman–Crippen MR) is 120 cm³/mol. The van der Waals surface area contributed by atoms with Gasteiger partial charge in [-0.3, -0.25) is 9.59 Å². The number of hydrogen-bond acceptors (Lipinski definition) is 6. The number of carbonyl (C=O) groups excluding carboxylic acids is 4. The molecular formula is C24H40N2O6. The SMILES string of the molecule is CCCCOC(=O)C1CCCN1C(=O)CCCCC(=O)N1CCC[C@@H]1C(=O)OCCCC. The molecule has 32 heavy (non-hydrogen) atoms. The van der Waals surface area contributed by atoms with Gasteiger partial charge in [-0.1, -0.05) is 26.7 Å². The van der Waals surface area contributed by atoms with E-state index in [1.54, 1.807) is 9.80 Å². The Morgan fingerprint density at radius 3 is 1.47 bits per heavy atom. The lowest BCUT2D eigenvalue weighted by atomic mass is 10.1. The van der Waals surface area contributed by atoms with Crippen molar-refractivity contribution in [3.63, 3.8) is 0 Å². The van der Waals surface area contributed by atoms with Crippen molar-refractivity contribution in [1.82, 2.24) is 9.80 Å². The Labute approximate surface area is 192 Å². The van der Waals surface area contributed by atoms with Crippen molar-refractivity contribution in [2.75, 3.05) is 26.3 Å². The van der Waals surface area contributed by atoms with Gasteiger partial charge in [0.25, 0.3) is 0 Å². The van der Waals surface area contributed by atoms with Crippen molar-refractivity contribution in [3.8, 4) is 0 Å². The van der Waals surface area contributed by atoms with Gasteiger partial charge in [-0.05, 0) is 51.4 Å². The molecule has 0 aromatic heterocycles. The quantitative estimate of drug-likeness (QED) is 0.315. The van der Waals surface area contributed by atoms with Gasteiger partial charge in [-0.15, -0.1) is 0 Å². The number of rotatable bonds is 13. The van der Waals surface area contributed by atoms with E-state index in [0.29, 0.717) is 64.8 Å². The molecule has 2 fully saturated rings. The molecule has 2 saturated heterocycles. The number of esters is 2. The van der Waals surface area contributed by atoms with Crippen LogP contribution in [0, 0.1) is 0 Å². The molecule has 2 aliphatic heterocycles. The summed E-state index contributed by atoms with van der Waals surface area (Å²) in [7, 11) is 0. The third-order valence-corrected chi connectivity index (χ3v) is 6.21. The second-order valence-electron chi connectivity index (χ2n) is 8.74. The molecule has 0 aliphatic carbocycles. The first kappa shape index (κ1) is 26.1. The van der Waals surface area contributed by atoms with Crippen molar-refractivity contribution < 1.29 is 28.7 Å². The van der Waals surface area contributed by atoms with Crippen molar-refractivity contribution in [3.05, 3.63) is 0 Å². The van der Waals surface area contributed by atoms with E-state index in [2.05, 4.69) is 0 Å². The second kappa shape index (κ2) is 14.1. The molecule has 0 spiro atoms. The summed E-state index contributed by atoms with van der Waals surface area (Å²) in [5.41, 5.74) is 0. The Kier molecular flexibility index (Phi) is 11.5. The number of ether oxygens (including phenoxy) is 2. The maximum Gasteiger partial charge on any atom is 0.328 e. The van der Waals surface area contributed by atoms with E-state index in [-0.39, 0.29) is 23.8 Å². The van der Waals surface area contributed by atoms with Gasteiger partial charge in [-0.25, -0.2) is 9.59 Å². The van der Waals surface area contributed by atoms with Crippen molar-refractivity contribution in [2.45, 2.75) is 103 Å². The Hall–Kier alpha value is -2.12. The van der Waals surface area contributed by atoms with Crippen LogP contribution in [0.15, 0.2) is 0 Å². The summed E-state index contributed by atoms with van der Waals surface area (Å²) in [4.78, 5) is 53.0. The summed E-state index contributed by atoms with van der Waals surface area (Å²) >= 11 is 0. The fourth-order valence-electron chi connectivity index (χ4n) is 4.29. The van der Waals surface area contributed by atoms with Gasteiger partial charge >= 0.3 is 11.9 Å². The molecule has 0 aromatic carbocycles. The number of carbonyl (C=O) groups is 4. The van der Waals surface area contributed by atoms with Crippen LogP contribution in [0.25, 0.3) is 0 Å². The van der Waals surface area contributed by atoms with E-state index in [9.17, 15) is 19.2 Å². The first-order chi connectivity index (χ1) is 15.5. The minimum Gasteiger partial charge on any atom is -0.464 e. The van der Waals surface area contributed by atoms with Crippen LogP contribution < -0.4 is 0 Å².